The Hall–Kier alpha value is -2.09. The summed E-state index contributed by atoms with van der Waals surface area (Å²) in [6, 6.07) is 23.0. The van der Waals surface area contributed by atoms with Crippen molar-refractivity contribution < 1.29 is 13.2 Å². The fraction of sp³-hybridized carbons (Fsp3) is 0.136. The van der Waals surface area contributed by atoms with E-state index in [4.69, 9.17) is 0 Å². The first-order chi connectivity index (χ1) is 13.9. The lowest BCUT2D eigenvalue weighted by Crippen LogP contribution is -2.59. The molecule has 1 aliphatic rings. The summed E-state index contributed by atoms with van der Waals surface area (Å²) in [5.41, 5.74) is 1.75. The van der Waals surface area contributed by atoms with Crippen LogP contribution in [0.15, 0.2) is 93.1 Å². The van der Waals surface area contributed by atoms with E-state index in [-0.39, 0.29) is 4.90 Å². The zero-order chi connectivity index (χ0) is 20.6. The van der Waals surface area contributed by atoms with Crippen LogP contribution in [-0.2, 0) is 14.8 Å². The number of aryl methyl sites for hydroxylation is 1. The molecule has 1 aliphatic heterocycles. The van der Waals surface area contributed by atoms with Crippen LogP contribution in [0.2, 0.25) is 0 Å². The van der Waals surface area contributed by atoms with Crippen molar-refractivity contribution in [3.05, 3.63) is 94.5 Å². The molecule has 0 aromatic heterocycles. The standard InChI is InChI=1S/C22H18BrNO3S2/c1-15-7-13-19(14-8-15)29(26,27)24-20(16-9-11-17(23)12-10-16)21(22(24)25)28-18-5-3-2-4-6-18/h2-14,20-21H,1H3/t20-,21+/m1/s1. The van der Waals surface area contributed by atoms with Gasteiger partial charge >= 0.3 is 0 Å². The minimum Gasteiger partial charge on any atom is -0.272 e. The van der Waals surface area contributed by atoms with Crippen molar-refractivity contribution in [1.29, 1.82) is 0 Å². The molecule has 0 spiro atoms. The van der Waals surface area contributed by atoms with Crippen LogP contribution in [0.4, 0.5) is 0 Å². The highest BCUT2D eigenvalue weighted by Gasteiger charge is 2.54. The van der Waals surface area contributed by atoms with Crippen molar-refractivity contribution in [1.82, 2.24) is 4.31 Å². The summed E-state index contributed by atoms with van der Waals surface area (Å²) >= 11 is 4.81. The predicted octanol–water partition coefficient (Wildman–Crippen LogP) is 5.19. The predicted molar refractivity (Wildman–Crippen MR) is 118 cm³/mol. The molecule has 3 aromatic carbocycles. The molecule has 7 heteroatoms. The van der Waals surface area contributed by atoms with Gasteiger partial charge in [0.25, 0.3) is 15.9 Å². The van der Waals surface area contributed by atoms with Gasteiger partial charge in [0.05, 0.1) is 10.9 Å². The first-order valence-corrected chi connectivity index (χ1v) is 12.1. The van der Waals surface area contributed by atoms with Crippen LogP contribution in [0.3, 0.4) is 0 Å². The third-order valence-corrected chi connectivity index (χ3v) is 8.37. The maximum Gasteiger partial charge on any atom is 0.267 e. The Morgan fingerprint density at radius 3 is 2.14 bits per heavy atom. The van der Waals surface area contributed by atoms with Crippen LogP contribution >= 0.6 is 27.7 Å². The second-order valence-electron chi connectivity index (χ2n) is 6.80. The molecular formula is C22H18BrNO3S2. The van der Waals surface area contributed by atoms with Crippen LogP contribution < -0.4 is 0 Å². The van der Waals surface area contributed by atoms with Crippen LogP contribution in [-0.4, -0.2) is 23.9 Å². The van der Waals surface area contributed by atoms with Crippen LogP contribution in [0, 0.1) is 6.92 Å². The quantitative estimate of drug-likeness (QED) is 0.464. The van der Waals surface area contributed by atoms with E-state index < -0.39 is 27.2 Å². The summed E-state index contributed by atoms with van der Waals surface area (Å²) in [7, 11) is -3.94. The molecule has 29 heavy (non-hydrogen) atoms. The first kappa shape index (κ1) is 20.2. The molecule has 4 rings (SSSR count). The van der Waals surface area contributed by atoms with Crippen molar-refractivity contribution >= 4 is 43.6 Å². The topological polar surface area (TPSA) is 54.5 Å². The minimum absolute atomic E-state index is 0.127. The number of β-lactam (4-membered cyclic amide) rings is 1. The monoisotopic (exact) mass is 487 g/mol. The number of carbonyl (C=O) groups excluding carboxylic acids is 1. The number of nitrogens with zero attached hydrogens (tertiary/aromatic N) is 1. The van der Waals surface area contributed by atoms with Gasteiger partial charge in [-0.25, -0.2) is 12.7 Å². The molecule has 0 unspecified atom stereocenters. The number of rotatable bonds is 5. The Balaban J connectivity index is 1.73. The third kappa shape index (κ3) is 3.86. The van der Waals surface area contributed by atoms with Gasteiger partial charge in [0.15, 0.2) is 0 Å². The van der Waals surface area contributed by atoms with Crippen molar-refractivity contribution in [2.45, 2.75) is 28.0 Å². The Morgan fingerprint density at radius 2 is 1.52 bits per heavy atom. The van der Waals surface area contributed by atoms with E-state index in [1.807, 2.05) is 61.5 Å². The normalized spacial score (nSPS) is 19.1. The molecule has 0 N–H and O–H groups in total. The van der Waals surface area contributed by atoms with Crippen molar-refractivity contribution in [3.63, 3.8) is 0 Å². The number of carbonyl (C=O) groups is 1. The lowest BCUT2D eigenvalue weighted by atomic mass is 9.96. The Morgan fingerprint density at radius 1 is 0.897 bits per heavy atom. The SMILES string of the molecule is Cc1ccc(S(=O)(=O)N2C(=O)[C@@H](Sc3ccccc3)[C@H]2c2ccc(Br)cc2)cc1. The summed E-state index contributed by atoms with van der Waals surface area (Å²) < 4.78 is 28.5. The Labute approximate surface area is 183 Å². The number of thioether (sulfide) groups is 1. The molecule has 148 valence electrons. The largest absolute Gasteiger partial charge is 0.272 e. The first-order valence-electron chi connectivity index (χ1n) is 9.00. The fourth-order valence-corrected chi connectivity index (χ4v) is 6.50. The lowest BCUT2D eigenvalue weighted by molar-refractivity contribution is -0.136. The number of hydrogen-bond acceptors (Lipinski definition) is 4. The van der Waals surface area contributed by atoms with E-state index in [1.54, 1.807) is 24.3 Å². The number of amides is 1. The highest BCUT2D eigenvalue weighted by molar-refractivity contribution is 9.10. The molecule has 1 amide bonds. The van der Waals surface area contributed by atoms with Crippen molar-refractivity contribution in [2.75, 3.05) is 0 Å². The molecule has 0 saturated carbocycles. The third-order valence-electron chi connectivity index (χ3n) is 4.80. The van der Waals surface area contributed by atoms with Gasteiger partial charge in [-0.15, -0.1) is 11.8 Å². The number of halogens is 1. The van der Waals surface area contributed by atoms with E-state index in [0.717, 1.165) is 24.8 Å². The zero-order valence-electron chi connectivity index (χ0n) is 15.5. The summed E-state index contributed by atoms with van der Waals surface area (Å²) in [5.74, 6) is -0.396. The van der Waals surface area contributed by atoms with Crippen molar-refractivity contribution in [3.8, 4) is 0 Å². The molecule has 2 atom stereocenters. The maximum absolute atomic E-state index is 13.3. The van der Waals surface area contributed by atoms with Crippen molar-refractivity contribution in [2.24, 2.45) is 0 Å². The molecule has 0 aliphatic carbocycles. The summed E-state index contributed by atoms with van der Waals surface area (Å²) in [5, 5.41) is -0.501. The van der Waals surface area contributed by atoms with Gasteiger partial charge < -0.3 is 0 Å². The second-order valence-corrected chi connectivity index (χ2v) is 10.7. The van der Waals surface area contributed by atoms with E-state index in [0.29, 0.717) is 0 Å². The van der Waals surface area contributed by atoms with Crippen LogP contribution in [0.1, 0.15) is 17.2 Å². The second kappa shape index (κ2) is 7.97. The summed E-state index contributed by atoms with van der Waals surface area (Å²) in [6.07, 6.45) is 0. The van der Waals surface area contributed by atoms with E-state index in [2.05, 4.69) is 15.9 Å². The van der Waals surface area contributed by atoms with Crippen LogP contribution in [0.5, 0.6) is 0 Å². The molecule has 1 heterocycles. The maximum atomic E-state index is 13.3. The molecule has 4 nitrogen and oxygen atoms in total. The number of benzene rings is 3. The van der Waals surface area contributed by atoms with Crippen LogP contribution in [0.25, 0.3) is 0 Å². The molecular weight excluding hydrogens is 470 g/mol. The average Bonchev–Trinajstić information content (AvgIpc) is 2.72. The van der Waals surface area contributed by atoms with E-state index in [9.17, 15) is 13.2 Å². The fourth-order valence-electron chi connectivity index (χ4n) is 3.26. The summed E-state index contributed by atoms with van der Waals surface area (Å²) in [6.45, 7) is 1.89. The van der Waals surface area contributed by atoms with E-state index in [1.165, 1.54) is 11.8 Å². The summed E-state index contributed by atoms with van der Waals surface area (Å²) in [4.78, 5) is 14.1. The number of hydrogen-bond donors (Lipinski definition) is 0. The van der Waals surface area contributed by atoms with Gasteiger partial charge in [0.1, 0.15) is 5.25 Å². The molecule has 0 radical (unpaired) electrons. The number of sulfonamides is 1. The highest BCUT2D eigenvalue weighted by Crippen LogP contribution is 2.47. The molecule has 0 bridgehead atoms. The van der Waals surface area contributed by atoms with Gasteiger partial charge in [-0.2, -0.15) is 0 Å². The smallest absolute Gasteiger partial charge is 0.267 e. The van der Waals surface area contributed by atoms with Gasteiger partial charge in [-0.05, 0) is 48.9 Å². The molecule has 1 fully saturated rings. The van der Waals surface area contributed by atoms with Gasteiger partial charge in [0.2, 0.25) is 0 Å². The lowest BCUT2D eigenvalue weighted by Gasteiger charge is -2.45. The zero-order valence-corrected chi connectivity index (χ0v) is 18.7. The molecule has 1 saturated heterocycles. The highest BCUT2D eigenvalue weighted by atomic mass is 79.9. The van der Waals surface area contributed by atoms with Gasteiger partial charge in [-0.3, -0.25) is 4.79 Å². The molecule has 3 aromatic rings. The minimum atomic E-state index is -3.94. The van der Waals surface area contributed by atoms with Gasteiger partial charge in [-0.1, -0.05) is 64.0 Å². The average molecular weight is 488 g/mol. The Kier molecular flexibility index (Phi) is 5.55. The Bertz CT molecular complexity index is 1130. The van der Waals surface area contributed by atoms with E-state index >= 15 is 0 Å². The van der Waals surface area contributed by atoms with Gasteiger partial charge in [0, 0.05) is 9.37 Å².